The maximum absolute atomic E-state index is 13.3. The van der Waals surface area contributed by atoms with E-state index in [2.05, 4.69) is 48.5 Å². The summed E-state index contributed by atoms with van der Waals surface area (Å²) in [6, 6.07) is 23.1. The number of nitrogens with zero attached hydrogens (tertiary/aromatic N) is 1. The van der Waals surface area contributed by atoms with E-state index in [0.29, 0.717) is 11.8 Å². The van der Waals surface area contributed by atoms with Gasteiger partial charge in [-0.2, -0.15) is 0 Å². The summed E-state index contributed by atoms with van der Waals surface area (Å²) in [5, 5.41) is 0. The van der Waals surface area contributed by atoms with E-state index >= 15 is 0 Å². The Morgan fingerprint density at radius 1 is 0.926 bits per heavy atom. The number of hydrogen-bond acceptors (Lipinski definition) is 2. The van der Waals surface area contributed by atoms with Crippen molar-refractivity contribution in [1.29, 1.82) is 0 Å². The van der Waals surface area contributed by atoms with Crippen LogP contribution in [0, 0.1) is 5.92 Å². The van der Waals surface area contributed by atoms with Crippen LogP contribution in [0.5, 0.6) is 5.75 Å². The molecule has 0 bridgehead atoms. The summed E-state index contributed by atoms with van der Waals surface area (Å²) in [5.41, 5.74) is 7.06. The Balaban J connectivity index is 1.65. The van der Waals surface area contributed by atoms with Gasteiger partial charge in [0.25, 0.3) is 5.91 Å². The molecule has 27 heavy (non-hydrogen) atoms. The highest BCUT2D eigenvalue weighted by molar-refractivity contribution is 6.12. The van der Waals surface area contributed by atoms with E-state index in [1.807, 2.05) is 23.1 Å². The van der Waals surface area contributed by atoms with Crippen molar-refractivity contribution in [2.45, 2.75) is 18.4 Å². The monoisotopic (exact) mass is 353 g/mol. The van der Waals surface area contributed by atoms with Crippen LogP contribution in [-0.2, 0) is 6.42 Å². The molecule has 2 aliphatic heterocycles. The van der Waals surface area contributed by atoms with Gasteiger partial charge in [-0.1, -0.05) is 42.5 Å². The van der Waals surface area contributed by atoms with Crippen LogP contribution in [0.15, 0.2) is 66.7 Å². The molecule has 3 atom stereocenters. The molecule has 3 heteroatoms. The van der Waals surface area contributed by atoms with Crippen LogP contribution in [0.2, 0.25) is 0 Å². The smallest absolute Gasteiger partial charge is 0.259 e. The Morgan fingerprint density at radius 3 is 2.56 bits per heavy atom. The first-order valence-electron chi connectivity index (χ1n) is 9.46. The number of ether oxygens (including phenoxy) is 1. The molecule has 3 aromatic carbocycles. The largest absolute Gasteiger partial charge is 0.497 e. The third-order valence-electron chi connectivity index (χ3n) is 6.52. The lowest BCUT2D eigenvalue weighted by molar-refractivity contribution is 0.0981. The quantitative estimate of drug-likeness (QED) is 0.634. The molecule has 3 aromatic rings. The summed E-state index contributed by atoms with van der Waals surface area (Å²) >= 11 is 0. The zero-order chi connectivity index (χ0) is 18.1. The molecule has 3 aliphatic rings. The van der Waals surface area contributed by atoms with Gasteiger partial charge in [-0.15, -0.1) is 0 Å². The fourth-order valence-electron chi connectivity index (χ4n) is 5.47. The highest BCUT2D eigenvalue weighted by Gasteiger charge is 2.52. The van der Waals surface area contributed by atoms with E-state index in [0.717, 1.165) is 23.4 Å². The lowest BCUT2D eigenvalue weighted by Gasteiger charge is -2.41. The SMILES string of the molecule is COc1ccc2c(c1)[C@@H]1c3ccccc3C[C@@H]1[C@H]1c3ccccc3C(=O)N21. The van der Waals surface area contributed by atoms with Crippen LogP contribution < -0.4 is 9.64 Å². The predicted molar refractivity (Wildman–Crippen MR) is 104 cm³/mol. The van der Waals surface area contributed by atoms with Crippen LogP contribution in [0.1, 0.15) is 44.6 Å². The van der Waals surface area contributed by atoms with Crippen molar-refractivity contribution in [1.82, 2.24) is 0 Å². The minimum Gasteiger partial charge on any atom is -0.497 e. The van der Waals surface area contributed by atoms with Crippen molar-refractivity contribution in [3.63, 3.8) is 0 Å². The minimum atomic E-state index is 0.104. The van der Waals surface area contributed by atoms with Gasteiger partial charge in [-0.25, -0.2) is 0 Å². The molecular formula is C24H19NO2. The average Bonchev–Trinajstić information content (AvgIpc) is 3.24. The van der Waals surface area contributed by atoms with Crippen molar-refractivity contribution in [2.75, 3.05) is 12.0 Å². The molecule has 132 valence electrons. The molecule has 6 rings (SSSR count). The Labute approximate surface area is 158 Å². The molecule has 0 unspecified atom stereocenters. The minimum absolute atomic E-state index is 0.104. The lowest BCUT2D eigenvalue weighted by Crippen LogP contribution is -2.39. The third kappa shape index (κ3) is 1.84. The first kappa shape index (κ1) is 15.0. The van der Waals surface area contributed by atoms with E-state index in [1.54, 1.807) is 7.11 Å². The molecule has 1 amide bonds. The first-order valence-corrected chi connectivity index (χ1v) is 9.46. The van der Waals surface area contributed by atoms with E-state index in [9.17, 15) is 4.79 Å². The van der Waals surface area contributed by atoms with Gasteiger partial charge in [0.1, 0.15) is 5.75 Å². The summed E-state index contributed by atoms with van der Waals surface area (Å²) in [4.78, 5) is 15.3. The molecule has 0 saturated heterocycles. The molecule has 1 aliphatic carbocycles. The zero-order valence-corrected chi connectivity index (χ0v) is 15.1. The van der Waals surface area contributed by atoms with Crippen molar-refractivity contribution < 1.29 is 9.53 Å². The van der Waals surface area contributed by atoms with E-state index in [1.165, 1.54) is 22.3 Å². The predicted octanol–water partition coefficient (Wildman–Crippen LogP) is 4.71. The summed E-state index contributed by atoms with van der Waals surface area (Å²) in [5.74, 6) is 1.62. The normalized spacial score (nSPS) is 24.0. The van der Waals surface area contributed by atoms with Crippen molar-refractivity contribution in [3.8, 4) is 5.75 Å². The second-order valence-electron chi connectivity index (χ2n) is 7.68. The van der Waals surface area contributed by atoms with E-state index in [-0.39, 0.29) is 11.9 Å². The number of amides is 1. The number of methoxy groups -OCH3 is 1. The lowest BCUT2D eigenvalue weighted by atomic mass is 9.75. The van der Waals surface area contributed by atoms with Crippen LogP contribution >= 0.6 is 0 Å². The summed E-state index contributed by atoms with van der Waals surface area (Å²) in [6.45, 7) is 0. The average molecular weight is 353 g/mol. The number of rotatable bonds is 1. The van der Waals surface area contributed by atoms with Gasteiger partial charge >= 0.3 is 0 Å². The third-order valence-corrected chi connectivity index (χ3v) is 6.52. The highest BCUT2D eigenvalue weighted by Crippen LogP contribution is 2.59. The number of carbonyl (C=O) groups is 1. The van der Waals surface area contributed by atoms with Crippen LogP contribution in [-0.4, -0.2) is 13.0 Å². The van der Waals surface area contributed by atoms with Crippen LogP contribution in [0.4, 0.5) is 5.69 Å². The van der Waals surface area contributed by atoms with Gasteiger partial charge in [0.15, 0.2) is 0 Å². The molecule has 2 heterocycles. The maximum atomic E-state index is 13.3. The number of fused-ring (bicyclic) bond motifs is 10. The number of anilines is 1. The number of hydrogen-bond donors (Lipinski definition) is 0. The first-order chi connectivity index (χ1) is 13.3. The fourth-order valence-corrected chi connectivity index (χ4v) is 5.47. The molecule has 0 aromatic heterocycles. The maximum Gasteiger partial charge on any atom is 0.259 e. The topological polar surface area (TPSA) is 29.5 Å². The van der Waals surface area contributed by atoms with E-state index < -0.39 is 0 Å². The highest BCUT2D eigenvalue weighted by atomic mass is 16.5. The summed E-state index contributed by atoms with van der Waals surface area (Å²) < 4.78 is 5.51. The van der Waals surface area contributed by atoms with Crippen LogP contribution in [0.3, 0.4) is 0 Å². The van der Waals surface area contributed by atoms with Gasteiger partial charge < -0.3 is 9.64 Å². The Bertz CT molecular complexity index is 1100. The standard InChI is InChI=1S/C24H19NO2/c1-27-15-10-11-21-19(13-15)22-16-7-3-2-6-14(16)12-20(22)23-17-8-4-5-9-18(17)24(26)25(21)23/h2-11,13,20,22-23H,12H2,1H3/t20-,22-,23+/m0/s1. The summed E-state index contributed by atoms with van der Waals surface area (Å²) in [7, 11) is 1.70. The molecule has 0 fully saturated rings. The van der Waals surface area contributed by atoms with Gasteiger partial charge in [0.2, 0.25) is 0 Å². The second-order valence-corrected chi connectivity index (χ2v) is 7.68. The van der Waals surface area contributed by atoms with Crippen molar-refractivity contribution in [2.24, 2.45) is 5.92 Å². The van der Waals surface area contributed by atoms with Crippen LogP contribution in [0.25, 0.3) is 0 Å². The van der Waals surface area contributed by atoms with Gasteiger partial charge in [0, 0.05) is 17.2 Å². The van der Waals surface area contributed by atoms with Gasteiger partial charge in [0.05, 0.1) is 13.2 Å². The molecule has 0 N–H and O–H groups in total. The Morgan fingerprint density at radius 2 is 1.70 bits per heavy atom. The van der Waals surface area contributed by atoms with Crippen molar-refractivity contribution >= 4 is 11.6 Å². The fraction of sp³-hybridized carbons (Fsp3) is 0.208. The van der Waals surface area contributed by atoms with Gasteiger partial charge in [-0.05, 0) is 58.9 Å². The number of benzene rings is 3. The molecule has 0 radical (unpaired) electrons. The molecule has 0 saturated carbocycles. The van der Waals surface area contributed by atoms with Gasteiger partial charge in [-0.3, -0.25) is 4.79 Å². The van der Waals surface area contributed by atoms with Crippen molar-refractivity contribution in [3.05, 3.63) is 94.5 Å². The second kappa shape index (κ2) is 5.23. The molecule has 3 nitrogen and oxygen atoms in total. The number of carbonyl (C=O) groups excluding carboxylic acids is 1. The molecule has 0 spiro atoms. The van der Waals surface area contributed by atoms with E-state index in [4.69, 9.17) is 4.74 Å². The zero-order valence-electron chi connectivity index (χ0n) is 15.1. The Kier molecular flexibility index (Phi) is 2.91. The molecular weight excluding hydrogens is 334 g/mol. The Hall–Kier alpha value is -3.07. The summed E-state index contributed by atoms with van der Waals surface area (Å²) in [6.07, 6.45) is 1.00.